The monoisotopic (exact) mass is 462 g/mol. The van der Waals surface area contributed by atoms with Crippen LogP contribution in [0.3, 0.4) is 0 Å². The van der Waals surface area contributed by atoms with Crippen LogP contribution in [0, 0.1) is 0 Å². The zero-order valence-electron chi connectivity index (χ0n) is 19.3. The summed E-state index contributed by atoms with van der Waals surface area (Å²) in [6.07, 6.45) is 6.55. The second-order valence-electron chi connectivity index (χ2n) is 7.63. The molecule has 0 aliphatic carbocycles. The fourth-order valence-electron chi connectivity index (χ4n) is 3.55. The van der Waals surface area contributed by atoms with Crippen LogP contribution in [0.5, 0.6) is 0 Å². The Bertz CT molecular complexity index is 945. The minimum atomic E-state index is -0.856. The zero-order chi connectivity index (χ0) is 24.2. The number of nitrogens with two attached hydrogens (primary N) is 2. The Hall–Kier alpha value is -3.37. The summed E-state index contributed by atoms with van der Waals surface area (Å²) in [5, 5.41) is 3.48. The van der Waals surface area contributed by atoms with E-state index in [0.717, 1.165) is 36.6 Å². The third kappa shape index (κ3) is 8.24. The van der Waals surface area contributed by atoms with Gasteiger partial charge in [-0.15, -0.1) is 0 Å². The van der Waals surface area contributed by atoms with Crippen LogP contribution in [0.1, 0.15) is 64.4 Å². The first-order valence-corrected chi connectivity index (χ1v) is 11.4. The lowest BCUT2D eigenvalue weighted by molar-refractivity contribution is -0.148. The maximum Gasteiger partial charge on any atom is 0.328 e. The molecule has 2 rings (SSSR count). The molecule has 0 radical (unpaired) electrons. The molecule has 0 saturated heterocycles. The van der Waals surface area contributed by atoms with Crippen LogP contribution in [0.2, 0.25) is 0 Å². The highest BCUT2D eigenvalue weighted by Crippen LogP contribution is 2.24. The summed E-state index contributed by atoms with van der Waals surface area (Å²) in [4.78, 5) is 47.2. The first-order valence-electron chi connectivity index (χ1n) is 11.4. The molecule has 2 aromatic heterocycles. The molecule has 0 bridgehead atoms. The second-order valence-corrected chi connectivity index (χ2v) is 7.63. The SMILES string of the molecule is CCOC(=O)CC[C@H](NC(=O)CCCCCCc1c[nH]c2nc(N)nc(N)c12)C(=O)OCC. The average Bonchev–Trinajstić information content (AvgIpc) is 3.16. The number of aryl methyl sites for hydroxylation is 1. The summed E-state index contributed by atoms with van der Waals surface area (Å²) in [6.45, 7) is 3.87. The van der Waals surface area contributed by atoms with E-state index in [9.17, 15) is 14.4 Å². The van der Waals surface area contributed by atoms with E-state index in [0.29, 0.717) is 24.3 Å². The number of esters is 2. The van der Waals surface area contributed by atoms with Crippen molar-refractivity contribution in [1.29, 1.82) is 0 Å². The fourth-order valence-corrected chi connectivity index (χ4v) is 3.55. The smallest absolute Gasteiger partial charge is 0.328 e. The van der Waals surface area contributed by atoms with Gasteiger partial charge in [-0.2, -0.15) is 9.97 Å². The molecule has 182 valence electrons. The minimum Gasteiger partial charge on any atom is -0.466 e. The molecule has 0 saturated carbocycles. The Morgan fingerprint density at radius 2 is 1.76 bits per heavy atom. The zero-order valence-corrected chi connectivity index (χ0v) is 19.3. The molecule has 0 aliphatic heterocycles. The van der Waals surface area contributed by atoms with Gasteiger partial charge in [-0.05, 0) is 45.1 Å². The second kappa shape index (κ2) is 13.2. The van der Waals surface area contributed by atoms with Crippen LogP contribution in [-0.4, -0.2) is 52.1 Å². The Kier molecular flexibility index (Phi) is 10.4. The Morgan fingerprint density at radius 3 is 2.48 bits per heavy atom. The lowest BCUT2D eigenvalue weighted by Crippen LogP contribution is -2.42. The largest absolute Gasteiger partial charge is 0.466 e. The summed E-state index contributed by atoms with van der Waals surface area (Å²) in [5.74, 6) is -0.690. The van der Waals surface area contributed by atoms with Crippen molar-refractivity contribution in [2.75, 3.05) is 24.7 Å². The summed E-state index contributed by atoms with van der Waals surface area (Å²) in [5.41, 5.74) is 13.3. The molecule has 0 fully saturated rings. The number of amides is 1. The van der Waals surface area contributed by atoms with E-state index in [1.54, 1.807) is 13.8 Å². The molecule has 0 spiro atoms. The van der Waals surface area contributed by atoms with Crippen molar-refractivity contribution in [1.82, 2.24) is 20.3 Å². The normalized spacial score (nSPS) is 11.8. The van der Waals surface area contributed by atoms with Crippen molar-refractivity contribution in [2.24, 2.45) is 0 Å². The predicted octanol–water partition coefficient (Wildman–Crippen LogP) is 2.01. The van der Waals surface area contributed by atoms with Gasteiger partial charge in [-0.25, -0.2) is 4.79 Å². The number of nitrogen functional groups attached to an aromatic ring is 2. The maximum atomic E-state index is 12.3. The molecule has 1 amide bonds. The summed E-state index contributed by atoms with van der Waals surface area (Å²) in [7, 11) is 0. The van der Waals surface area contributed by atoms with Gasteiger partial charge in [0, 0.05) is 19.0 Å². The number of anilines is 2. The highest BCUT2D eigenvalue weighted by atomic mass is 16.5. The number of hydrogen-bond donors (Lipinski definition) is 4. The number of nitrogens with zero attached hydrogens (tertiary/aromatic N) is 2. The van der Waals surface area contributed by atoms with E-state index in [2.05, 4.69) is 20.3 Å². The standard InChI is InChI=1S/C22H34N6O5/c1-3-32-17(30)12-11-15(21(31)33-4-2)26-16(29)10-8-6-5-7-9-14-13-25-20-18(14)19(23)27-22(24)28-20/h13,15H,3-12H2,1-2H3,(H,26,29)(H5,23,24,25,27,28)/t15-/m0/s1. The van der Waals surface area contributed by atoms with Gasteiger partial charge in [-0.3, -0.25) is 9.59 Å². The van der Waals surface area contributed by atoms with Gasteiger partial charge in [0.05, 0.1) is 18.6 Å². The van der Waals surface area contributed by atoms with Gasteiger partial charge in [-0.1, -0.05) is 12.8 Å². The maximum absolute atomic E-state index is 12.3. The summed E-state index contributed by atoms with van der Waals surface area (Å²) < 4.78 is 9.88. The van der Waals surface area contributed by atoms with Gasteiger partial charge >= 0.3 is 11.9 Å². The van der Waals surface area contributed by atoms with Crippen LogP contribution in [-0.2, 0) is 30.3 Å². The van der Waals surface area contributed by atoms with Crippen molar-refractivity contribution in [3.63, 3.8) is 0 Å². The molecule has 0 unspecified atom stereocenters. The van der Waals surface area contributed by atoms with Gasteiger partial charge in [0.2, 0.25) is 11.9 Å². The topological polar surface area (TPSA) is 175 Å². The fraction of sp³-hybridized carbons (Fsp3) is 0.591. The summed E-state index contributed by atoms with van der Waals surface area (Å²) in [6, 6.07) is -0.856. The number of aromatic amines is 1. The lowest BCUT2D eigenvalue weighted by atomic mass is 10.1. The molecular formula is C22H34N6O5. The molecule has 1 atom stereocenters. The molecule has 11 nitrogen and oxygen atoms in total. The molecule has 0 aliphatic rings. The quantitative estimate of drug-likeness (QED) is 0.242. The van der Waals surface area contributed by atoms with Gasteiger partial charge in [0.1, 0.15) is 17.5 Å². The van der Waals surface area contributed by atoms with Crippen LogP contribution in [0.15, 0.2) is 6.20 Å². The van der Waals surface area contributed by atoms with Crippen molar-refractivity contribution in [3.8, 4) is 0 Å². The molecule has 0 aromatic carbocycles. The van der Waals surface area contributed by atoms with Crippen molar-refractivity contribution in [2.45, 2.75) is 71.3 Å². The molecule has 11 heteroatoms. The van der Waals surface area contributed by atoms with Gasteiger partial charge in [0.25, 0.3) is 0 Å². The number of fused-ring (bicyclic) bond motifs is 1. The number of carbonyl (C=O) groups is 3. The Balaban J connectivity index is 1.71. The number of unbranched alkanes of at least 4 members (excludes halogenated alkanes) is 3. The number of H-pyrrole nitrogens is 1. The average molecular weight is 463 g/mol. The Morgan fingerprint density at radius 1 is 1.03 bits per heavy atom. The van der Waals surface area contributed by atoms with Gasteiger partial charge < -0.3 is 31.2 Å². The van der Waals surface area contributed by atoms with Crippen LogP contribution in [0.25, 0.3) is 11.0 Å². The first-order chi connectivity index (χ1) is 15.8. The number of aromatic nitrogens is 3. The highest BCUT2D eigenvalue weighted by molar-refractivity contribution is 5.90. The van der Waals surface area contributed by atoms with E-state index >= 15 is 0 Å². The van der Waals surface area contributed by atoms with E-state index in [1.165, 1.54) is 0 Å². The lowest BCUT2D eigenvalue weighted by Gasteiger charge is -2.17. The predicted molar refractivity (Wildman–Crippen MR) is 124 cm³/mol. The van der Waals surface area contributed by atoms with Crippen molar-refractivity contribution in [3.05, 3.63) is 11.8 Å². The van der Waals surface area contributed by atoms with Crippen LogP contribution < -0.4 is 16.8 Å². The molecule has 6 N–H and O–H groups in total. The summed E-state index contributed by atoms with van der Waals surface area (Å²) >= 11 is 0. The number of ether oxygens (including phenoxy) is 2. The third-order valence-corrected chi connectivity index (χ3v) is 5.11. The van der Waals surface area contributed by atoms with E-state index in [-0.39, 0.29) is 37.9 Å². The van der Waals surface area contributed by atoms with Crippen LogP contribution >= 0.6 is 0 Å². The van der Waals surface area contributed by atoms with Crippen molar-refractivity contribution >= 4 is 40.6 Å². The number of hydrogen-bond acceptors (Lipinski definition) is 9. The molecule has 2 heterocycles. The van der Waals surface area contributed by atoms with E-state index < -0.39 is 18.0 Å². The minimum absolute atomic E-state index is 0.0353. The van der Waals surface area contributed by atoms with Gasteiger partial charge in [0.15, 0.2) is 0 Å². The van der Waals surface area contributed by atoms with E-state index in [1.807, 2.05) is 6.20 Å². The highest BCUT2D eigenvalue weighted by Gasteiger charge is 2.23. The van der Waals surface area contributed by atoms with Crippen LogP contribution in [0.4, 0.5) is 11.8 Å². The Labute approximate surface area is 193 Å². The number of rotatable bonds is 14. The van der Waals surface area contributed by atoms with E-state index in [4.69, 9.17) is 20.9 Å². The van der Waals surface area contributed by atoms with Crippen molar-refractivity contribution < 1.29 is 23.9 Å². The third-order valence-electron chi connectivity index (χ3n) is 5.11. The molecule has 33 heavy (non-hydrogen) atoms. The first kappa shape index (κ1) is 25.9. The number of nitrogens with one attached hydrogen (secondary N) is 2. The molecule has 2 aromatic rings. The number of carbonyl (C=O) groups excluding carboxylic acids is 3. The molecular weight excluding hydrogens is 428 g/mol.